The average molecular weight is 645 g/mol. The van der Waals surface area contributed by atoms with Crippen LogP contribution in [0.4, 0.5) is 37.8 Å². The van der Waals surface area contributed by atoms with Gasteiger partial charge in [-0.15, -0.1) is 0 Å². The molecule has 2 aromatic carbocycles. The number of rotatable bonds is 8. The van der Waals surface area contributed by atoms with Gasteiger partial charge >= 0.3 is 18.8 Å². The van der Waals surface area contributed by atoms with Gasteiger partial charge in [0, 0.05) is 44.0 Å². The second-order valence-corrected chi connectivity index (χ2v) is 12.0. The highest BCUT2D eigenvalue weighted by molar-refractivity contribution is 7.92. The van der Waals surface area contributed by atoms with Gasteiger partial charge in [0.15, 0.2) is 5.82 Å². The van der Waals surface area contributed by atoms with E-state index in [1.807, 2.05) is 9.80 Å². The first-order valence-corrected chi connectivity index (χ1v) is 14.7. The highest BCUT2D eigenvalue weighted by Crippen LogP contribution is 2.41. The van der Waals surface area contributed by atoms with Gasteiger partial charge in [0.25, 0.3) is 10.0 Å². The molecule has 3 heterocycles. The Bertz CT molecular complexity index is 1660. The van der Waals surface area contributed by atoms with Crippen LogP contribution < -0.4 is 13.9 Å². The lowest BCUT2D eigenvalue weighted by atomic mass is 10.0. The summed E-state index contributed by atoms with van der Waals surface area (Å²) >= 11 is 0. The lowest BCUT2D eigenvalue weighted by molar-refractivity contribution is -0.141. The van der Waals surface area contributed by atoms with Crippen molar-refractivity contribution in [3.63, 3.8) is 0 Å². The standard InChI is InChI=1S/C28H26F6N4O5S/c1-42-25(39)5-6-36-7-8-37-21(15-36)16-38(44(40,41)23-4-2-3-19(12-23)28(32,33)34)24-11-18(14-35-26(24)37)17-9-20(29)13-22(10-17)43-27(30)31/h2-4,9-14,21,27H,5-8,15-16H2,1H3. The number of methoxy groups -OCH3 is 1. The molecule has 1 aromatic heterocycles. The Morgan fingerprint density at radius 1 is 1.07 bits per heavy atom. The molecule has 44 heavy (non-hydrogen) atoms. The maximum absolute atomic E-state index is 14.3. The van der Waals surface area contributed by atoms with Crippen molar-refractivity contribution in [2.45, 2.75) is 30.1 Å². The lowest BCUT2D eigenvalue weighted by Crippen LogP contribution is -2.61. The molecule has 0 amide bonds. The zero-order chi connectivity index (χ0) is 31.8. The summed E-state index contributed by atoms with van der Waals surface area (Å²) in [6.07, 6.45) is -3.37. The highest BCUT2D eigenvalue weighted by atomic mass is 32.2. The Labute approximate surface area is 248 Å². The molecular formula is C28H26F6N4O5S. The second-order valence-electron chi connectivity index (χ2n) is 10.2. The van der Waals surface area contributed by atoms with Crippen LogP contribution in [-0.4, -0.2) is 76.8 Å². The molecule has 0 aliphatic carbocycles. The third kappa shape index (κ3) is 6.55. The van der Waals surface area contributed by atoms with Crippen LogP contribution >= 0.6 is 0 Å². The minimum absolute atomic E-state index is 0.0137. The van der Waals surface area contributed by atoms with Gasteiger partial charge in [0.1, 0.15) is 11.6 Å². The van der Waals surface area contributed by atoms with E-state index in [1.165, 1.54) is 19.4 Å². The Hall–Kier alpha value is -4.05. The van der Waals surface area contributed by atoms with Gasteiger partial charge in [0.05, 0.1) is 42.3 Å². The van der Waals surface area contributed by atoms with Crippen LogP contribution in [0.1, 0.15) is 12.0 Å². The molecule has 16 heteroatoms. The number of hydrogen-bond acceptors (Lipinski definition) is 8. The molecule has 0 N–H and O–H groups in total. The summed E-state index contributed by atoms with van der Waals surface area (Å²) in [5, 5.41) is 0. The monoisotopic (exact) mass is 644 g/mol. The molecule has 1 saturated heterocycles. The van der Waals surface area contributed by atoms with E-state index in [-0.39, 0.29) is 35.6 Å². The number of fused-ring (bicyclic) bond motifs is 3. The van der Waals surface area contributed by atoms with Gasteiger partial charge in [-0.3, -0.25) is 14.0 Å². The number of piperazine rings is 1. The van der Waals surface area contributed by atoms with E-state index in [1.54, 1.807) is 0 Å². The van der Waals surface area contributed by atoms with Crippen LogP contribution in [0.25, 0.3) is 11.1 Å². The quantitative estimate of drug-likeness (QED) is 0.256. The first kappa shape index (κ1) is 31.4. The summed E-state index contributed by atoms with van der Waals surface area (Å²) in [5.74, 6) is -1.56. The Morgan fingerprint density at radius 3 is 2.55 bits per heavy atom. The molecule has 9 nitrogen and oxygen atoms in total. The number of pyridine rings is 1. The van der Waals surface area contributed by atoms with Gasteiger partial charge in [-0.1, -0.05) is 6.07 Å². The molecule has 0 spiro atoms. The minimum Gasteiger partial charge on any atom is -0.469 e. The lowest BCUT2D eigenvalue weighted by Gasteiger charge is -2.48. The van der Waals surface area contributed by atoms with Crippen LogP contribution in [0.15, 0.2) is 59.6 Å². The molecule has 1 fully saturated rings. The first-order chi connectivity index (χ1) is 20.8. The number of anilines is 2. The molecule has 2 aliphatic rings. The van der Waals surface area contributed by atoms with Crippen molar-refractivity contribution in [3.8, 4) is 16.9 Å². The Morgan fingerprint density at radius 2 is 1.84 bits per heavy atom. The van der Waals surface area contributed by atoms with Crippen molar-refractivity contribution < 1.29 is 49.0 Å². The summed E-state index contributed by atoms with van der Waals surface area (Å²) in [6.45, 7) is -1.87. The van der Waals surface area contributed by atoms with Gasteiger partial charge in [0.2, 0.25) is 0 Å². The molecule has 1 atom stereocenters. The van der Waals surface area contributed by atoms with Gasteiger partial charge < -0.3 is 14.4 Å². The molecule has 2 aliphatic heterocycles. The second kappa shape index (κ2) is 12.1. The van der Waals surface area contributed by atoms with Crippen LogP contribution in [-0.2, 0) is 25.7 Å². The number of carbonyl (C=O) groups excluding carboxylic acids is 1. The molecule has 0 radical (unpaired) electrons. The first-order valence-electron chi connectivity index (χ1n) is 13.3. The number of carbonyl (C=O) groups is 1. The fourth-order valence-electron chi connectivity index (χ4n) is 5.30. The van der Waals surface area contributed by atoms with Crippen molar-refractivity contribution >= 4 is 27.5 Å². The number of esters is 1. The summed E-state index contributed by atoms with van der Waals surface area (Å²) < 4.78 is 118. The summed E-state index contributed by atoms with van der Waals surface area (Å²) in [5.41, 5.74) is -0.925. The molecule has 0 saturated carbocycles. The normalized spacial score (nSPS) is 17.3. The number of aromatic nitrogens is 1. The fourth-order valence-corrected chi connectivity index (χ4v) is 6.84. The number of ether oxygens (including phenoxy) is 2. The summed E-state index contributed by atoms with van der Waals surface area (Å²) in [7, 11) is -3.34. The van der Waals surface area contributed by atoms with E-state index in [0.717, 1.165) is 40.7 Å². The minimum atomic E-state index is -4.80. The largest absolute Gasteiger partial charge is 0.469 e. The summed E-state index contributed by atoms with van der Waals surface area (Å²) in [6, 6.07) is 7.15. The van der Waals surface area contributed by atoms with Crippen molar-refractivity contribution in [2.24, 2.45) is 0 Å². The fraction of sp³-hybridized carbons (Fsp3) is 0.357. The molecule has 3 aromatic rings. The van der Waals surface area contributed by atoms with E-state index in [9.17, 15) is 39.6 Å². The van der Waals surface area contributed by atoms with E-state index < -0.39 is 56.8 Å². The van der Waals surface area contributed by atoms with Crippen LogP contribution in [0.2, 0.25) is 0 Å². The van der Waals surface area contributed by atoms with E-state index >= 15 is 0 Å². The SMILES string of the molecule is COC(=O)CCN1CCN2c3ncc(-c4cc(F)cc(OC(F)F)c4)cc3N(S(=O)(=O)c3cccc(C(F)(F)F)c3)CC2C1. The topological polar surface area (TPSA) is 92.3 Å². The van der Waals surface area contributed by atoms with Crippen LogP contribution in [0.3, 0.4) is 0 Å². The van der Waals surface area contributed by atoms with E-state index in [2.05, 4.69) is 9.72 Å². The molecule has 0 bridgehead atoms. The predicted molar refractivity (Wildman–Crippen MR) is 146 cm³/mol. The van der Waals surface area contributed by atoms with Gasteiger partial charge in [-0.2, -0.15) is 22.0 Å². The number of alkyl halides is 5. The average Bonchev–Trinajstić information content (AvgIpc) is 2.97. The highest BCUT2D eigenvalue weighted by Gasteiger charge is 2.41. The summed E-state index contributed by atoms with van der Waals surface area (Å²) in [4.78, 5) is 19.3. The van der Waals surface area contributed by atoms with Crippen LogP contribution in [0.5, 0.6) is 5.75 Å². The number of halogens is 6. The molecule has 5 rings (SSSR count). The van der Waals surface area contributed by atoms with Crippen molar-refractivity contribution in [1.29, 1.82) is 0 Å². The molecular weight excluding hydrogens is 618 g/mol. The van der Waals surface area contributed by atoms with E-state index in [0.29, 0.717) is 32.2 Å². The Balaban J connectivity index is 1.58. The van der Waals surface area contributed by atoms with Crippen LogP contribution in [0, 0.1) is 5.82 Å². The number of nitrogens with zero attached hydrogens (tertiary/aromatic N) is 4. The third-order valence-electron chi connectivity index (χ3n) is 7.37. The van der Waals surface area contributed by atoms with Crippen molar-refractivity contribution in [1.82, 2.24) is 9.88 Å². The maximum atomic E-state index is 14.3. The molecule has 236 valence electrons. The van der Waals surface area contributed by atoms with Gasteiger partial charge in [-0.05, 0) is 42.0 Å². The molecule has 1 unspecified atom stereocenters. The Kier molecular flexibility index (Phi) is 8.66. The number of sulfonamides is 1. The zero-order valence-electron chi connectivity index (χ0n) is 23.1. The van der Waals surface area contributed by atoms with E-state index in [4.69, 9.17) is 4.74 Å². The van der Waals surface area contributed by atoms with Gasteiger partial charge in [-0.25, -0.2) is 17.8 Å². The smallest absolute Gasteiger partial charge is 0.416 e. The van der Waals surface area contributed by atoms with Crippen molar-refractivity contribution in [2.75, 3.05) is 49.0 Å². The zero-order valence-corrected chi connectivity index (χ0v) is 23.9. The predicted octanol–water partition coefficient (Wildman–Crippen LogP) is 4.77. The number of benzene rings is 2. The third-order valence-corrected chi connectivity index (χ3v) is 9.15. The van der Waals surface area contributed by atoms with Crippen molar-refractivity contribution in [3.05, 3.63) is 66.1 Å². The number of hydrogen-bond donors (Lipinski definition) is 0. The maximum Gasteiger partial charge on any atom is 0.416 e.